The number of carbonyl (C=O) groups excluding carboxylic acids is 1. The van der Waals surface area contributed by atoms with Crippen LogP contribution in [0.4, 0.5) is 5.82 Å². The fourth-order valence-electron chi connectivity index (χ4n) is 2.07. The molecule has 0 bridgehead atoms. The number of nitrogens with zero attached hydrogens (tertiary/aromatic N) is 1. The van der Waals surface area contributed by atoms with Gasteiger partial charge in [-0.2, -0.15) is 0 Å². The van der Waals surface area contributed by atoms with Gasteiger partial charge >= 0.3 is 0 Å². The van der Waals surface area contributed by atoms with Crippen LogP contribution in [-0.4, -0.2) is 17.9 Å². The molecule has 2 aromatic rings. The summed E-state index contributed by atoms with van der Waals surface area (Å²) in [7, 11) is 0. The number of para-hydroxylation sites is 1. The van der Waals surface area contributed by atoms with Crippen LogP contribution in [-0.2, 0) is 11.2 Å². The van der Waals surface area contributed by atoms with Crippen molar-refractivity contribution in [3.8, 4) is 11.5 Å². The van der Waals surface area contributed by atoms with Gasteiger partial charge in [0.15, 0.2) is 17.3 Å². The molecule has 1 aromatic heterocycles. The number of aryl methyl sites for hydroxylation is 2. The van der Waals surface area contributed by atoms with Gasteiger partial charge < -0.3 is 19.3 Å². The molecule has 6 heteroatoms. The zero-order valence-corrected chi connectivity index (χ0v) is 11.0. The Morgan fingerprint density at radius 2 is 2.30 bits per heavy atom. The van der Waals surface area contributed by atoms with E-state index in [0.29, 0.717) is 24.4 Å². The number of benzene rings is 1. The van der Waals surface area contributed by atoms with Crippen LogP contribution in [0.1, 0.15) is 17.7 Å². The molecule has 1 N–H and O–H groups in total. The van der Waals surface area contributed by atoms with Crippen LogP contribution in [0.15, 0.2) is 28.8 Å². The van der Waals surface area contributed by atoms with Crippen molar-refractivity contribution in [2.45, 2.75) is 19.8 Å². The molecule has 0 radical (unpaired) electrons. The average molecular weight is 274 g/mol. The van der Waals surface area contributed by atoms with Crippen LogP contribution in [0, 0.1) is 6.92 Å². The fourth-order valence-corrected chi connectivity index (χ4v) is 2.07. The number of aromatic nitrogens is 1. The molecule has 1 aromatic carbocycles. The molecule has 0 aliphatic carbocycles. The second-order valence-electron chi connectivity index (χ2n) is 4.52. The van der Waals surface area contributed by atoms with Crippen molar-refractivity contribution in [2.24, 2.45) is 0 Å². The topological polar surface area (TPSA) is 73.6 Å². The van der Waals surface area contributed by atoms with E-state index >= 15 is 0 Å². The minimum absolute atomic E-state index is 0.116. The molecule has 1 amide bonds. The number of hydrogen-bond acceptors (Lipinski definition) is 5. The molecule has 0 saturated carbocycles. The Labute approximate surface area is 115 Å². The van der Waals surface area contributed by atoms with Gasteiger partial charge in [-0.1, -0.05) is 17.3 Å². The number of amides is 1. The van der Waals surface area contributed by atoms with E-state index in [4.69, 9.17) is 14.0 Å². The lowest BCUT2D eigenvalue weighted by molar-refractivity contribution is -0.116. The second kappa shape index (κ2) is 5.24. The predicted octanol–water partition coefficient (Wildman–Crippen LogP) is 2.28. The first kappa shape index (κ1) is 12.5. The third-order valence-corrected chi connectivity index (χ3v) is 2.99. The molecule has 104 valence electrons. The van der Waals surface area contributed by atoms with E-state index in [1.807, 2.05) is 18.2 Å². The first-order chi connectivity index (χ1) is 9.72. The van der Waals surface area contributed by atoms with Crippen molar-refractivity contribution in [2.75, 3.05) is 12.1 Å². The smallest absolute Gasteiger partial charge is 0.231 e. The summed E-state index contributed by atoms with van der Waals surface area (Å²) in [5.74, 6) is 2.44. The summed E-state index contributed by atoms with van der Waals surface area (Å²) in [5.41, 5.74) is 0.964. The van der Waals surface area contributed by atoms with Crippen molar-refractivity contribution in [3.63, 3.8) is 0 Å². The molecular weight excluding hydrogens is 260 g/mol. The maximum Gasteiger partial charge on any atom is 0.231 e. The van der Waals surface area contributed by atoms with E-state index in [1.54, 1.807) is 13.0 Å². The highest BCUT2D eigenvalue weighted by atomic mass is 16.7. The summed E-state index contributed by atoms with van der Waals surface area (Å²) in [5, 5.41) is 6.40. The maximum atomic E-state index is 11.8. The standard InChI is InChI=1S/C14H14N2O4/c1-9-7-12(16-20-9)15-13(17)6-5-10-3-2-4-11-14(10)19-8-18-11/h2-4,7H,5-6,8H2,1H3,(H,15,16,17). The minimum atomic E-state index is -0.116. The monoisotopic (exact) mass is 274 g/mol. The van der Waals surface area contributed by atoms with Crippen molar-refractivity contribution in [3.05, 3.63) is 35.6 Å². The van der Waals surface area contributed by atoms with Crippen LogP contribution >= 0.6 is 0 Å². The Bertz CT molecular complexity index is 636. The second-order valence-corrected chi connectivity index (χ2v) is 4.52. The molecule has 0 spiro atoms. The van der Waals surface area contributed by atoms with E-state index in [9.17, 15) is 4.79 Å². The Balaban J connectivity index is 1.60. The molecule has 1 aliphatic rings. The predicted molar refractivity (Wildman–Crippen MR) is 70.8 cm³/mol. The summed E-state index contributed by atoms with van der Waals surface area (Å²) < 4.78 is 15.6. The Hall–Kier alpha value is -2.50. The number of anilines is 1. The number of rotatable bonds is 4. The summed E-state index contributed by atoms with van der Waals surface area (Å²) >= 11 is 0. The zero-order valence-electron chi connectivity index (χ0n) is 11.0. The molecular formula is C14H14N2O4. The van der Waals surface area contributed by atoms with Gasteiger partial charge in [0.1, 0.15) is 5.76 Å². The molecule has 3 rings (SSSR count). The Morgan fingerprint density at radius 1 is 1.40 bits per heavy atom. The van der Waals surface area contributed by atoms with E-state index in [2.05, 4.69) is 10.5 Å². The number of nitrogens with one attached hydrogen (secondary N) is 1. The van der Waals surface area contributed by atoms with Gasteiger partial charge in [-0.25, -0.2) is 0 Å². The molecule has 0 fully saturated rings. The number of carbonyl (C=O) groups is 1. The lowest BCUT2D eigenvalue weighted by Gasteiger charge is -2.05. The number of fused-ring (bicyclic) bond motifs is 1. The van der Waals surface area contributed by atoms with E-state index in [1.165, 1.54) is 0 Å². The summed E-state index contributed by atoms with van der Waals surface area (Å²) in [6.07, 6.45) is 0.918. The molecule has 0 saturated heterocycles. The summed E-state index contributed by atoms with van der Waals surface area (Å²) in [6.45, 7) is 2.00. The third kappa shape index (κ3) is 2.59. The Kier molecular flexibility index (Phi) is 3.28. The molecule has 0 unspecified atom stereocenters. The highest BCUT2D eigenvalue weighted by molar-refractivity contribution is 5.89. The highest BCUT2D eigenvalue weighted by Crippen LogP contribution is 2.35. The molecule has 6 nitrogen and oxygen atoms in total. The van der Waals surface area contributed by atoms with Crippen molar-refractivity contribution < 1.29 is 18.8 Å². The summed E-state index contributed by atoms with van der Waals surface area (Å²) in [4.78, 5) is 11.8. The lowest BCUT2D eigenvalue weighted by atomic mass is 10.1. The molecule has 20 heavy (non-hydrogen) atoms. The number of ether oxygens (including phenoxy) is 2. The van der Waals surface area contributed by atoms with Crippen molar-refractivity contribution in [1.82, 2.24) is 5.16 Å². The van der Waals surface area contributed by atoms with Gasteiger partial charge in [0.05, 0.1) is 0 Å². The fraction of sp³-hybridized carbons (Fsp3) is 0.286. The first-order valence-corrected chi connectivity index (χ1v) is 6.33. The lowest BCUT2D eigenvalue weighted by Crippen LogP contribution is -2.12. The van der Waals surface area contributed by atoms with Gasteiger partial charge in [-0.3, -0.25) is 4.79 Å². The van der Waals surface area contributed by atoms with Gasteiger partial charge in [0.2, 0.25) is 12.7 Å². The van der Waals surface area contributed by atoms with Crippen LogP contribution in [0.25, 0.3) is 0 Å². The average Bonchev–Trinajstić information content (AvgIpc) is 3.05. The minimum Gasteiger partial charge on any atom is -0.454 e. The normalized spacial score (nSPS) is 12.4. The van der Waals surface area contributed by atoms with Crippen LogP contribution in [0.3, 0.4) is 0 Å². The zero-order chi connectivity index (χ0) is 13.9. The van der Waals surface area contributed by atoms with Gasteiger partial charge in [-0.05, 0) is 25.0 Å². The highest BCUT2D eigenvalue weighted by Gasteiger charge is 2.17. The van der Waals surface area contributed by atoms with Crippen LogP contribution in [0.2, 0.25) is 0 Å². The van der Waals surface area contributed by atoms with E-state index < -0.39 is 0 Å². The van der Waals surface area contributed by atoms with E-state index in [-0.39, 0.29) is 12.7 Å². The first-order valence-electron chi connectivity index (χ1n) is 6.33. The molecule has 2 heterocycles. The molecule has 1 aliphatic heterocycles. The third-order valence-electron chi connectivity index (χ3n) is 2.99. The van der Waals surface area contributed by atoms with Gasteiger partial charge in [0, 0.05) is 12.5 Å². The Morgan fingerprint density at radius 3 is 3.10 bits per heavy atom. The van der Waals surface area contributed by atoms with Gasteiger partial charge in [0.25, 0.3) is 0 Å². The molecule has 0 atom stereocenters. The van der Waals surface area contributed by atoms with Crippen molar-refractivity contribution >= 4 is 11.7 Å². The summed E-state index contributed by atoms with van der Waals surface area (Å²) in [6, 6.07) is 7.35. The maximum absolute atomic E-state index is 11.8. The SMILES string of the molecule is Cc1cc(NC(=O)CCc2cccc3c2OCO3)no1. The van der Waals surface area contributed by atoms with Gasteiger partial charge in [-0.15, -0.1) is 0 Å². The quantitative estimate of drug-likeness (QED) is 0.925. The van der Waals surface area contributed by atoms with Crippen LogP contribution in [0.5, 0.6) is 11.5 Å². The number of hydrogen-bond donors (Lipinski definition) is 1. The van der Waals surface area contributed by atoms with Crippen LogP contribution < -0.4 is 14.8 Å². The van der Waals surface area contributed by atoms with Crippen molar-refractivity contribution in [1.29, 1.82) is 0 Å². The largest absolute Gasteiger partial charge is 0.454 e. The van der Waals surface area contributed by atoms with E-state index in [0.717, 1.165) is 17.1 Å².